The monoisotopic (exact) mass is 305 g/mol. The van der Waals surface area contributed by atoms with Gasteiger partial charge < -0.3 is 8.36 Å². The average molecular weight is 305 g/mol. The second-order valence-corrected chi connectivity index (χ2v) is 5.08. The van der Waals surface area contributed by atoms with Crippen LogP contribution in [0.4, 0.5) is 4.39 Å². The molecule has 0 atom stereocenters. The molecule has 0 aliphatic heterocycles. The van der Waals surface area contributed by atoms with E-state index in [1.165, 1.54) is 12.3 Å². The first-order chi connectivity index (χ1) is 10.8. The molecule has 3 heterocycles. The maximum Gasteiger partial charge on any atom is 0.482 e. The number of para-hydroxylation sites is 1. The lowest BCUT2D eigenvalue weighted by molar-refractivity contribution is 0.620. The zero-order valence-corrected chi connectivity index (χ0v) is 12.6. The third-order valence-electron chi connectivity index (χ3n) is 3.59. The topological polar surface area (TPSA) is 39.9 Å². The van der Waals surface area contributed by atoms with Crippen LogP contribution in [0.1, 0.15) is 0 Å². The molecule has 0 fully saturated rings. The van der Waals surface area contributed by atoms with Crippen LogP contribution in [0, 0.1) is 5.82 Å². The summed E-state index contributed by atoms with van der Waals surface area (Å²) in [4.78, 5) is 8.46. The van der Waals surface area contributed by atoms with Gasteiger partial charge in [0.1, 0.15) is 17.1 Å². The Hall–Kier alpha value is -2.42. The van der Waals surface area contributed by atoms with Crippen LogP contribution >= 0.6 is 0 Å². The van der Waals surface area contributed by atoms with Crippen molar-refractivity contribution in [3.63, 3.8) is 0 Å². The first-order valence-electron chi connectivity index (χ1n) is 6.65. The number of hydrogen-bond acceptors (Lipinski definition) is 3. The molecule has 0 N–H and O–H groups in total. The Morgan fingerprint density at radius 3 is 2.64 bits per heavy atom. The lowest BCUT2D eigenvalue weighted by Crippen LogP contribution is -1.94. The summed E-state index contributed by atoms with van der Waals surface area (Å²) < 4.78 is 21.0. The van der Waals surface area contributed by atoms with E-state index in [1.807, 2.05) is 34.9 Å². The number of fused-ring (bicyclic) bond motifs is 3. The highest BCUT2D eigenvalue weighted by Gasteiger charge is 2.17. The van der Waals surface area contributed by atoms with E-state index in [0.29, 0.717) is 16.8 Å². The minimum Gasteiger partial charge on any atom is -0.652 e. The number of aromatic nitrogens is 3. The molecular formula is C16H9AlFN3O. The number of halogens is 1. The van der Waals surface area contributed by atoms with E-state index in [2.05, 4.69) is 26.6 Å². The van der Waals surface area contributed by atoms with Crippen LogP contribution in [0.25, 0.3) is 27.6 Å². The van der Waals surface area contributed by atoms with Crippen LogP contribution in [-0.4, -0.2) is 31.2 Å². The Labute approximate surface area is 133 Å². The van der Waals surface area contributed by atoms with Crippen LogP contribution in [0.2, 0.25) is 0 Å². The number of nitrogens with zero attached hydrogens (tertiary/aromatic N) is 3. The van der Waals surface area contributed by atoms with Gasteiger partial charge in [-0.15, -0.1) is 0 Å². The first kappa shape index (κ1) is 13.3. The fourth-order valence-electron chi connectivity index (χ4n) is 2.70. The molecule has 4 nitrogen and oxygen atoms in total. The van der Waals surface area contributed by atoms with E-state index in [0.717, 1.165) is 16.6 Å². The zero-order chi connectivity index (χ0) is 15.1. The van der Waals surface area contributed by atoms with E-state index in [4.69, 9.17) is 3.79 Å². The Morgan fingerprint density at radius 2 is 1.86 bits per heavy atom. The van der Waals surface area contributed by atoms with Gasteiger partial charge in [-0.1, -0.05) is 18.2 Å². The van der Waals surface area contributed by atoms with Gasteiger partial charge >= 0.3 is 16.6 Å². The molecule has 0 amide bonds. The van der Waals surface area contributed by atoms with E-state index in [-0.39, 0.29) is 5.82 Å². The lowest BCUT2D eigenvalue weighted by Gasteiger charge is -2.07. The Kier molecular flexibility index (Phi) is 3.07. The lowest BCUT2D eigenvalue weighted by atomic mass is 10.2. The molecule has 22 heavy (non-hydrogen) atoms. The third-order valence-corrected chi connectivity index (χ3v) is 3.84. The Bertz CT molecular complexity index is 985. The molecule has 0 aliphatic rings. The van der Waals surface area contributed by atoms with E-state index >= 15 is 0 Å². The molecule has 104 valence electrons. The van der Waals surface area contributed by atoms with Crippen LogP contribution in [-0.2, 0) is 0 Å². The van der Waals surface area contributed by atoms with E-state index in [1.54, 1.807) is 12.4 Å². The normalized spacial score (nSPS) is 11.1. The maximum atomic E-state index is 13.7. The molecule has 0 saturated carbocycles. The van der Waals surface area contributed by atoms with Crippen molar-refractivity contribution in [1.82, 2.24) is 14.5 Å². The molecule has 0 bridgehead atoms. The highest BCUT2D eigenvalue weighted by atomic mass is 27.1. The molecular weight excluding hydrogens is 296 g/mol. The summed E-state index contributed by atoms with van der Waals surface area (Å²) >= 11 is 2.21. The Balaban J connectivity index is 2.24. The predicted molar refractivity (Wildman–Crippen MR) is 82.7 cm³/mol. The van der Waals surface area contributed by atoms with Crippen molar-refractivity contribution in [3.8, 4) is 11.4 Å². The van der Waals surface area contributed by atoms with Gasteiger partial charge in [-0.2, -0.15) is 0 Å². The number of rotatable bonds is 2. The summed E-state index contributed by atoms with van der Waals surface area (Å²) in [5, 5.41) is 0.809. The molecule has 4 aromatic rings. The third kappa shape index (κ3) is 1.89. The van der Waals surface area contributed by atoms with Crippen LogP contribution in [0.15, 0.2) is 55.0 Å². The van der Waals surface area contributed by atoms with Crippen molar-refractivity contribution < 1.29 is 8.18 Å². The van der Waals surface area contributed by atoms with Gasteiger partial charge in [0.15, 0.2) is 0 Å². The van der Waals surface area contributed by atoms with Gasteiger partial charge in [-0.05, 0) is 12.1 Å². The SMILES string of the molecule is Fc1cnc2c3c([O][Al])cncc3n(-c3ccccc3)c2c1. The van der Waals surface area contributed by atoms with Gasteiger partial charge in [0, 0.05) is 11.8 Å². The molecule has 6 heteroatoms. The first-order valence-corrected chi connectivity index (χ1v) is 7.12. The molecule has 0 saturated heterocycles. The fraction of sp³-hybridized carbons (Fsp3) is 0. The summed E-state index contributed by atoms with van der Waals surface area (Å²) in [6.45, 7) is 0. The molecule has 3 aromatic heterocycles. The van der Waals surface area contributed by atoms with Gasteiger partial charge in [-0.25, -0.2) is 4.39 Å². The van der Waals surface area contributed by atoms with Gasteiger partial charge in [0.2, 0.25) is 0 Å². The fourth-order valence-corrected chi connectivity index (χ4v) is 2.88. The summed E-state index contributed by atoms with van der Waals surface area (Å²) in [6, 6.07) is 11.2. The van der Waals surface area contributed by atoms with Crippen molar-refractivity contribution in [3.05, 3.63) is 60.8 Å². The van der Waals surface area contributed by atoms with Gasteiger partial charge in [-0.3, -0.25) is 9.97 Å². The quantitative estimate of drug-likeness (QED) is 0.534. The van der Waals surface area contributed by atoms with Crippen molar-refractivity contribution in [1.29, 1.82) is 0 Å². The van der Waals surface area contributed by atoms with E-state index < -0.39 is 0 Å². The highest BCUT2D eigenvalue weighted by Crippen LogP contribution is 2.35. The van der Waals surface area contributed by atoms with Crippen molar-refractivity contribution in [2.75, 3.05) is 0 Å². The second-order valence-electron chi connectivity index (χ2n) is 4.84. The summed E-state index contributed by atoms with van der Waals surface area (Å²) in [5.41, 5.74) is 3.09. The van der Waals surface area contributed by atoms with Crippen LogP contribution in [0.5, 0.6) is 5.75 Å². The molecule has 4 rings (SSSR count). The van der Waals surface area contributed by atoms with Gasteiger partial charge in [0.05, 0.1) is 35.0 Å². The maximum absolute atomic E-state index is 13.7. The molecule has 0 aliphatic carbocycles. The number of benzene rings is 1. The summed E-state index contributed by atoms with van der Waals surface area (Å²) in [5.74, 6) is 0.204. The van der Waals surface area contributed by atoms with Crippen LogP contribution < -0.4 is 3.79 Å². The minimum atomic E-state index is -0.381. The minimum absolute atomic E-state index is 0.381. The number of pyridine rings is 2. The largest absolute Gasteiger partial charge is 0.652 e. The predicted octanol–water partition coefficient (Wildman–Crippen LogP) is 3.18. The standard InChI is InChI=1S/C16H10FN3O.Al/c17-10-6-12-16(19-7-10)15-13(8-18-9-14(15)21)20(12)11-4-2-1-3-5-11;/h1-9,21H;/q;+1/p-1. The van der Waals surface area contributed by atoms with Gasteiger partial charge in [0.25, 0.3) is 0 Å². The summed E-state index contributed by atoms with van der Waals surface area (Å²) in [6.07, 6.45) is 4.56. The van der Waals surface area contributed by atoms with Crippen molar-refractivity contribution in [2.45, 2.75) is 0 Å². The van der Waals surface area contributed by atoms with E-state index in [9.17, 15) is 4.39 Å². The van der Waals surface area contributed by atoms with Crippen molar-refractivity contribution >= 4 is 38.6 Å². The van der Waals surface area contributed by atoms with Crippen molar-refractivity contribution in [2.24, 2.45) is 0 Å². The summed E-state index contributed by atoms with van der Waals surface area (Å²) in [7, 11) is 0. The number of hydrogen-bond donors (Lipinski definition) is 0. The molecule has 0 spiro atoms. The zero-order valence-electron chi connectivity index (χ0n) is 11.4. The smallest absolute Gasteiger partial charge is 0.482 e. The van der Waals surface area contributed by atoms with Crippen LogP contribution in [0.3, 0.4) is 0 Å². The second kappa shape index (κ2) is 5.09. The molecule has 0 unspecified atom stereocenters. The Morgan fingerprint density at radius 1 is 1.05 bits per heavy atom. The average Bonchev–Trinajstić information content (AvgIpc) is 2.89. The highest BCUT2D eigenvalue weighted by molar-refractivity contribution is 6.11. The molecule has 2 radical (unpaired) electrons. The molecule has 1 aromatic carbocycles.